The normalized spacial score (nSPS) is 10.2. The molecule has 0 heterocycles. The van der Waals surface area contributed by atoms with Crippen molar-refractivity contribution in [2.45, 2.75) is 6.61 Å². The highest BCUT2D eigenvalue weighted by Gasteiger charge is 2.08. The number of hydrogen-bond donors (Lipinski definition) is 1. The van der Waals surface area contributed by atoms with Gasteiger partial charge < -0.3 is 15.2 Å². The summed E-state index contributed by atoms with van der Waals surface area (Å²) in [5.41, 5.74) is 5.85. The second-order valence-electron chi connectivity index (χ2n) is 4.25. The third kappa shape index (κ3) is 3.66. The van der Waals surface area contributed by atoms with Crippen molar-refractivity contribution >= 4 is 17.2 Å². The number of methoxy groups -OCH3 is 1. The largest absolute Gasteiger partial charge is 0.497 e. The van der Waals surface area contributed by atoms with Crippen LogP contribution in [0.25, 0.3) is 0 Å². The second kappa shape index (κ2) is 6.49. The molecule has 2 N–H and O–H groups in total. The fraction of sp³-hybridized carbons (Fsp3) is 0.133. The van der Waals surface area contributed by atoms with E-state index >= 15 is 0 Å². The SMILES string of the molecule is COc1ccc(COc2ccc(C(N)=S)c(F)c2)c(F)c1. The Morgan fingerprint density at radius 1 is 1.10 bits per heavy atom. The van der Waals surface area contributed by atoms with Crippen LogP contribution in [0.15, 0.2) is 36.4 Å². The molecule has 0 atom stereocenters. The third-order valence-corrected chi connectivity index (χ3v) is 3.08. The Balaban J connectivity index is 2.10. The van der Waals surface area contributed by atoms with Gasteiger partial charge in [-0.25, -0.2) is 8.78 Å². The van der Waals surface area contributed by atoms with E-state index in [9.17, 15) is 8.78 Å². The van der Waals surface area contributed by atoms with Gasteiger partial charge in [-0.2, -0.15) is 0 Å². The van der Waals surface area contributed by atoms with Crippen molar-refractivity contribution in [1.29, 1.82) is 0 Å². The van der Waals surface area contributed by atoms with Crippen LogP contribution in [-0.2, 0) is 6.61 Å². The number of thiocarbonyl (C=S) groups is 1. The van der Waals surface area contributed by atoms with Gasteiger partial charge in [-0.15, -0.1) is 0 Å². The first-order valence-corrected chi connectivity index (χ1v) is 6.46. The fourth-order valence-corrected chi connectivity index (χ4v) is 1.88. The van der Waals surface area contributed by atoms with Crippen LogP contribution in [0.3, 0.4) is 0 Å². The maximum absolute atomic E-state index is 13.7. The first kappa shape index (κ1) is 15.2. The molecule has 0 aliphatic rings. The Kier molecular flexibility index (Phi) is 4.70. The minimum Gasteiger partial charge on any atom is -0.497 e. The molecule has 21 heavy (non-hydrogen) atoms. The van der Waals surface area contributed by atoms with Gasteiger partial charge in [-0.3, -0.25) is 0 Å². The Morgan fingerprint density at radius 3 is 2.33 bits per heavy atom. The molecule has 6 heteroatoms. The molecule has 0 spiro atoms. The molecule has 0 aliphatic heterocycles. The van der Waals surface area contributed by atoms with Crippen molar-refractivity contribution in [2.75, 3.05) is 7.11 Å². The third-order valence-electron chi connectivity index (χ3n) is 2.86. The molecule has 2 aromatic rings. The highest BCUT2D eigenvalue weighted by molar-refractivity contribution is 7.80. The van der Waals surface area contributed by atoms with E-state index in [1.807, 2.05) is 0 Å². The van der Waals surface area contributed by atoms with Crippen molar-refractivity contribution in [3.05, 3.63) is 59.2 Å². The number of halogens is 2. The first-order valence-electron chi connectivity index (χ1n) is 6.06. The predicted octanol–water partition coefficient (Wildman–Crippen LogP) is 3.19. The first-order chi connectivity index (χ1) is 10.0. The monoisotopic (exact) mass is 309 g/mol. The standard InChI is InChI=1S/C15H13F2NO2S/c1-19-10-3-2-9(13(16)6-10)8-20-11-4-5-12(15(18)21)14(17)7-11/h2-7H,8H2,1H3,(H2,18,21). The van der Waals surface area contributed by atoms with Crippen molar-refractivity contribution in [1.82, 2.24) is 0 Å². The topological polar surface area (TPSA) is 44.5 Å². The zero-order valence-electron chi connectivity index (χ0n) is 11.2. The Hall–Kier alpha value is -2.21. The molecule has 110 valence electrons. The summed E-state index contributed by atoms with van der Waals surface area (Å²) in [5.74, 6) is -0.337. The highest BCUT2D eigenvalue weighted by atomic mass is 32.1. The average Bonchev–Trinajstić information content (AvgIpc) is 2.45. The van der Waals surface area contributed by atoms with E-state index in [4.69, 9.17) is 27.4 Å². The second-order valence-corrected chi connectivity index (χ2v) is 4.69. The molecule has 0 aromatic heterocycles. The van der Waals surface area contributed by atoms with Crippen LogP contribution in [0.4, 0.5) is 8.78 Å². The Bertz CT molecular complexity index is 677. The van der Waals surface area contributed by atoms with Crippen LogP contribution in [0.5, 0.6) is 11.5 Å². The van der Waals surface area contributed by atoms with Gasteiger partial charge in [-0.05, 0) is 24.3 Å². The molecule has 2 aromatic carbocycles. The molecular weight excluding hydrogens is 296 g/mol. The van der Waals surface area contributed by atoms with Crippen LogP contribution in [0.2, 0.25) is 0 Å². The summed E-state index contributed by atoms with van der Waals surface area (Å²) in [6, 6.07) is 8.55. The van der Waals surface area contributed by atoms with Gasteiger partial charge in [-0.1, -0.05) is 12.2 Å². The average molecular weight is 309 g/mol. The van der Waals surface area contributed by atoms with E-state index in [0.29, 0.717) is 11.3 Å². The smallest absolute Gasteiger partial charge is 0.137 e. The lowest BCUT2D eigenvalue weighted by Gasteiger charge is -2.09. The van der Waals surface area contributed by atoms with E-state index in [1.165, 1.54) is 25.3 Å². The summed E-state index contributed by atoms with van der Waals surface area (Å²) >= 11 is 4.71. The molecule has 0 fully saturated rings. The van der Waals surface area contributed by atoms with Crippen molar-refractivity contribution in [3.8, 4) is 11.5 Å². The summed E-state index contributed by atoms with van der Waals surface area (Å²) in [6.45, 7) is -0.0261. The van der Waals surface area contributed by atoms with E-state index in [2.05, 4.69) is 0 Å². The van der Waals surface area contributed by atoms with Gasteiger partial charge >= 0.3 is 0 Å². The maximum Gasteiger partial charge on any atom is 0.137 e. The summed E-state index contributed by atoms with van der Waals surface area (Å²) in [5, 5.41) is 0. The zero-order chi connectivity index (χ0) is 15.4. The lowest BCUT2D eigenvalue weighted by atomic mass is 10.2. The summed E-state index contributed by atoms with van der Waals surface area (Å²) in [6.07, 6.45) is 0. The molecule has 3 nitrogen and oxygen atoms in total. The fourth-order valence-electron chi connectivity index (χ4n) is 1.72. The van der Waals surface area contributed by atoms with E-state index in [1.54, 1.807) is 12.1 Å². The number of rotatable bonds is 5. The van der Waals surface area contributed by atoms with E-state index in [-0.39, 0.29) is 22.9 Å². The zero-order valence-corrected chi connectivity index (χ0v) is 12.0. The minimum atomic E-state index is -0.574. The molecule has 2 rings (SSSR count). The van der Waals surface area contributed by atoms with Gasteiger partial charge in [0.1, 0.15) is 34.7 Å². The molecule has 0 bridgehead atoms. The van der Waals surface area contributed by atoms with Gasteiger partial charge in [0.15, 0.2) is 0 Å². The van der Waals surface area contributed by atoms with Crippen LogP contribution < -0.4 is 15.2 Å². The molecule has 0 unspecified atom stereocenters. The van der Waals surface area contributed by atoms with Gasteiger partial charge in [0.2, 0.25) is 0 Å². The van der Waals surface area contributed by atoms with E-state index in [0.717, 1.165) is 6.07 Å². The number of hydrogen-bond acceptors (Lipinski definition) is 3. The maximum atomic E-state index is 13.7. The number of ether oxygens (including phenoxy) is 2. The molecule has 0 radical (unpaired) electrons. The molecule has 0 aliphatic carbocycles. The quantitative estimate of drug-likeness (QED) is 0.862. The summed E-state index contributed by atoms with van der Waals surface area (Å²) < 4.78 is 37.7. The van der Waals surface area contributed by atoms with Crippen LogP contribution >= 0.6 is 12.2 Å². The molecular formula is C15H13F2NO2S. The van der Waals surface area contributed by atoms with Gasteiger partial charge in [0.25, 0.3) is 0 Å². The lowest BCUT2D eigenvalue weighted by molar-refractivity contribution is 0.297. The number of nitrogens with two attached hydrogens (primary N) is 1. The molecule has 0 saturated heterocycles. The Morgan fingerprint density at radius 2 is 1.76 bits per heavy atom. The molecule has 0 saturated carbocycles. The van der Waals surface area contributed by atoms with Crippen LogP contribution in [0, 0.1) is 11.6 Å². The number of benzene rings is 2. The highest BCUT2D eigenvalue weighted by Crippen LogP contribution is 2.20. The van der Waals surface area contributed by atoms with Crippen molar-refractivity contribution < 1.29 is 18.3 Å². The predicted molar refractivity (Wildman–Crippen MR) is 79.6 cm³/mol. The molecule has 0 amide bonds. The van der Waals surface area contributed by atoms with E-state index < -0.39 is 11.6 Å². The minimum absolute atomic E-state index is 0.0261. The summed E-state index contributed by atoms with van der Waals surface area (Å²) in [4.78, 5) is -0.0275. The van der Waals surface area contributed by atoms with Gasteiger partial charge in [0.05, 0.1) is 7.11 Å². The van der Waals surface area contributed by atoms with Crippen molar-refractivity contribution in [2.24, 2.45) is 5.73 Å². The Labute approximate surface area is 126 Å². The summed E-state index contributed by atoms with van der Waals surface area (Å²) in [7, 11) is 1.46. The van der Waals surface area contributed by atoms with Crippen LogP contribution in [0.1, 0.15) is 11.1 Å². The van der Waals surface area contributed by atoms with Crippen LogP contribution in [-0.4, -0.2) is 12.1 Å². The van der Waals surface area contributed by atoms with Gasteiger partial charge in [0, 0.05) is 23.3 Å². The lowest BCUT2D eigenvalue weighted by Crippen LogP contribution is -2.11. The van der Waals surface area contributed by atoms with Crippen molar-refractivity contribution in [3.63, 3.8) is 0 Å².